The number of hydrogen-bond acceptors (Lipinski definition) is 5. The van der Waals surface area contributed by atoms with Crippen molar-refractivity contribution >= 4 is 28.6 Å². The van der Waals surface area contributed by atoms with E-state index in [1.165, 1.54) is 11.8 Å². The van der Waals surface area contributed by atoms with Crippen LogP contribution in [0.15, 0.2) is 34.2 Å². The minimum atomic E-state index is -0.281. The molecule has 2 aromatic rings. The van der Waals surface area contributed by atoms with E-state index in [-0.39, 0.29) is 22.8 Å². The molecule has 1 aromatic heterocycles. The van der Waals surface area contributed by atoms with E-state index in [2.05, 4.69) is 11.8 Å². The maximum Gasteiger partial charge on any atom is 0.262 e. The van der Waals surface area contributed by atoms with Gasteiger partial charge in [0.2, 0.25) is 5.91 Å². The molecule has 1 aliphatic rings. The third-order valence-corrected chi connectivity index (χ3v) is 6.11. The number of carbonyl (C=O) groups is 1. The summed E-state index contributed by atoms with van der Waals surface area (Å²) >= 11 is 1.38. The SMILES string of the molecule is CCN1CCN(C(=O)[C@@H](C)Sc2nc3ccccc3c(=O)n2C(C)C)CC1. The molecule has 1 aliphatic heterocycles. The van der Waals surface area contributed by atoms with E-state index in [1.807, 2.05) is 43.9 Å². The number of hydrogen-bond donors (Lipinski definition) is 0. The van der Waals surface area contributed by atoms with Crippen LogP contribution in [0.1, 0.15) is 33.7 Å². The number of nitrogens with zero attached hydrogens (tertiary/aromatic N) is 4. The molecule has 0 unspecified atom stereocenters. The summed E-state index contributed by atoms with van der Waals surface area (Å²) < 4.78 is 1.70. The quantitative estimate of drug-likeness (QED) is 0.582. The topological polar surface area (TPSA) is 58.4 Å². The lowest BCUT2D eigenvalue weighted by Crippen LogP contribution is -2.50. The van der Waals surface area contributed by atoms with Crippen LogP contribution in [0.5, 0.6) is 0 Å². The van der Waals surface area contributed by atoms with Crippen LogP contribution in [-0.4, -0.2) is 63.2 Å². The van der Waals surface area contributed by atoms with Crippen molar-refractivity contribution in [1.29, 1.82) is 0 Å². The average molecular weight is 389 g/mol. The predicted molar refractivity (Wildman–Crippen MR) is 110 cm³/mol. The van der Waals surface area contributed by atoms with E-state index in [0.717, 1.165) is 32.7 Å². The standard InChI is InChI=1S/C20H28N4O2S/c1-5-22-10-12-23(13-11-22)18(25)15(4)27-20-21-17-9-7-6-8-16(17)19(26)24(20)14(2)3/h6-9,14-15H,5,10-13H2,1-4H3/t15-/m1/s1. The minimum absolute atomic E-state index is 0.0208. The first-order valence-electron chi connectivity index (χ1n) is 9.61. The van der Waals surface area contributed by atoms with Crippen molar-refractivity contribution in [2.75, 3.05) is 32.7 Å². The van der Waals surface area contributed by atoms with Gasteiger partial charge in [-0.05, 0) is 39.4 Å². The molecule has 2 heterocycles. The molecule has 0 radical (unpaired) electrons. The normalized spacial score (nSPS) is 16.9. The number of thioether (sulfide) groups is 1. The van der Waals surface area contributed by atoms with Crippen molar-refractivity contribution in [3.63, 3.8) is 0 Å². The van der Waals surface area contributed by atoms with Gasteiger partial charge >= 0.3 is 0 Å². The predicted octanol–water partition coefficient (Wildman–Crippen LogP) is 2.62. The van der Waals surface area contributed by atoms with Crippen molar-refractivity contribution in [1.82, 2.24) is 19.4 Å². The zero-order valence-electron chi connectivity index (χ0n) is 16.5. The van der Waals surface area contributed by atoms with Crippen LogP contribution >= 0.6 is 11.8 Å². The van der Waals surface area contributed by atoms with Gasteiger partial charge in [-0.1, -0.05) is 30.8 Å². The number of likely N-dealkylation sites (N-methyl/N-ethyl adjacent to an activating group) is 1. The molecule has 1 fully saturated rings. The van der Waals surface area contributed by atoms with Crippen LogP contribution in [0.4, 0.5) is 0 Å². The lowest BCUT2D eigenvalue weighted by Gasteiger charge is -2.35. The highest BCUT2D eigenvalue weighted by molar-refractivity contribution is 8.00. The van der Waals surface area contributed by atoms with Crippen molar-refractivity contribution in [2.24, 2.45) is 0 Å². The minimum Gasteiger partial charge on any atom is -0.339 e. The molecule has 3 rings (SSSR count). The Morgan fingerprint density at radius 2 is 1.81 bits per heavy atom. The smallest absolute Gasteiger partial charge is 0.262 e. The van der Waals surface area contributed by atoms with Gasteiger partial charge < -0.3 is 9.80 Å². The highest BCUT2D eigenvalue weighted by Gasteiger charge is 2.27. The van der Waals surface area contributed by atoms with Crippen LogP contribution in [0, 0.1) is 0 Å². The molecule has 0 spiro atoms. The first-order valence-corrected chi connectivity index (χ1v) is 10.5. The van der Waals surface area contributed by atoms with Crippen molar-refractivity contribution in [3.05, 3.63) is 34.6 Å². The largest absolute Gasteiger partial charge is 0.339 e. The van der Waals surface area contributed by atoms with E-state index in [1.54, 1.807) is 10.6 Å². The van der Waals surface area contributed by atoms with Crippen LogP contribution in [0.25, 0.3) is 10.9 Å². The third kappa shape index (κ3) is 4.19. The fourth-order valence-corrected chi connectivity index (χ4v) is 4.54. The highest BCUT2D eigenvalue weighted by Crippen LogP contribution is 2.26. The molecule has 6 nitrogen and oxygen atoms in total. The Bertz CT molecular complexity index is 872. The second-order valence-corrected chi connectivity index (χ2v) is 8.51. The molecular weight excluding hydrogens is 360 g/mol. The molecule has 27 heavy (non-hydrogen) atoms. The fraction of sp³-hybridized carbons (Fsp3) is 0.550. The molecule has 0 aliphatic carbocycles. The molecule has 1 atom stereocenters. The second-order valence-electron chi connectivity index (χ2n) is 7.20. The van der Waals surface area contributed by atoms with Crippen molar-refractivity contribution < 1.29 is 4.79 Å². The van der Waals surface area contributed by atoms with E-state index in [4.69, 9.17) is 4.98 Å². The zero-order valence-corrected chi connectivity index (χ0v) is 17.3. The summed E-state index contributed by atoms with van der Waals surface area (Å²) in [6.07, 6.45) is 0. The number of carbonyl (C=O) groups excluding carboxylic acids is 1. The Morgan fingerprint density at radius 1 is 1.15 bits per heavy atom. The number of benzene rings is 1. The second kappa shape index (κ2) is 8.44. The molecule has 146 valence electrons. The summed E-state index contributed by atoms with van der Waals surface area (Å²) in [5.74, 6) is 0.119. The Kier molecular flexibility index (Phi) is 6.22. The Hall–Kier alpha value is -1.86. The van der Waals surface area contributed by atoms with Crippen LogP contribution in [-0.2, 0) is 4.79 Å². The van der Waals surface area contributed by atoms with Gasteiger partial charge in [-0.25, -0.2) is 4.98 Å². The fourth-order valence-electron chi connectivity index (χ4n) is 3.41. The van der Waals surface area contributed by atoms with Gasteiger partial charge in [0.15, 0.2) is 5.16 Å². The Labute approximate surface area is 164 Å². The molecule has 1 amide bonds. The number of aromatic nitrogens is 2. The zero-order chi connectivity index (χ0) is 19.6. The monoisotopic (exact) mass is 388 g/mol. The summed E-state index contributed by atoms with van der Waals surface area (Å²) in [7, 11) is 0. The lowest BCUT2D eigenvalue weighted by molar-refractivity contribution is -0.132. The number of rotatable bonds is 5. The molecule has 7 heteroatoms. The number of amides is 1. The molecule has 0 bridgehead atoms. The average Bonchev–Trinajstić information content (AvgIpc) is 2.67. The molecule has 1 saturated heterocycles. The summed E-state index contributed by atoms with van der Waals surface area (Å²) in [4.78, 5) is 34.8. The number of para-hydroxylation sites is 1. The summed E-state index contributed by atoms with van der Waals surface area (Å²) in [5, 5.41) is 0.947. The van der Waals surface area contributed by atoms with Gasteiger partial charge in [-0.3, -0.25) is 14.2 Å². The van der Waals surface area contributed by atoms with Crippen LogP contribution in [0.3, 0.4) is 0 Å². The van der Waals surface area contributed by atoms with Gasteiger partial charge in [0, 0.05) is 32.2 Å². The Balaban J connectivity index is 1.84. The van der Waals surface area contributed by atoms with Gasteiger partial charge in [-0.2, -0.15) is 0 Å². The molecule has 1 aromatic carbocycles. The van der Waals surface area contributed by atoms with Crippen LogP contribution in [0.2, 0.25) is 0 Å². The first-order chi connectivity index (χ1) is 12.9. The van der Waals surface area contributed by atoms with Gasteiger partial charge in [-0.15, -0.1) is 0 Å². The maximum atomic E-state index is 12.9. The van der Waals surface area contributed by atoms with E-state index in [9.17, 15) is 9.59 Å². The first kappa shape index (κ1) is 19.9. The molecular formula is C20H28N4O2S. The van der Waals surface area contributed by atoms with Crippen molar-refractivity contribution in [3.8, 4) is 0 Å². The Morgan fingerprint density at radius 3 is 2.44 bits per heavy atom. The van der Waals surface area contributed by atoms with E-state index < -0.39 is 0 Å². The maximum absolute atomic E-state index is 12.9. The molecule has 0 N–H and O–H groups in total. The summed E-state index contributed by atoms with van der Waals surface area (Å²) in [6.45, 7) is 12.4. The van der Waals surface area contributed by atoms with E-state index in [0.29, 0.717) is 16.1 Å². The number of fused-ring (bicyclic) bond motifs is 1. The summed E-state index contributed by atoms with van der Waals surface area (Å²) in [6, 6.07) is 7.37. The highest BCUT2D eigenvalue weighted by atomic mass is 32.2. The number of piperazine rings is 1. The van der Waals surface area contributed by atoms with Gasteiger partial charge in [0.1, 0.15) is 0 Å². The third-order valence-electron chi connectivity index (χ3n) is 5.05. The molecule has 0 saturated carbocycles. The van der Waals surface area contributed by atoms with E-state index >= 15 is 0 Å². The van der Waals surface area contributed by atoms with Crippen LogP contribution < -0.4 is 5.56 Å². The summed E-state index contributed by atoms with van der Waals surface area (Å²) in [5.41, 5.74) is 0.632. The van der Waals surface area contributed by atoms with Gasteiger partial charge in [0.05, 0.1) is 16.2 Å². The van der Waals surface area contributed by atoms with Gasteiger partial charge in [0.25, 0.3) is 5.56 Å². The van der Waals surface area contributed by atoms with Crippen molar-refractivity contribution in [2.45, 2.75) is 44.1 Å². The lowest BCUT2D eigenvalue weighted by atomic mass is 10.2.